The Morgan fingerprint density at radius 3 is 2.29 bits per heavy atom. The fourth-order valence-corrected chi connectivity index (χ4v) is 1.55. The summed E-state index contributed by atoms with van der Waals surface area (Å²) in [4.78, 5) is 0. The molecule has 1 rings (SSSR count). The molecule has 1 fully saturated rings. The summed E-state index contributed by atoms with van der Waals surface area (Å²) >= 11 is 1.77. The fraction of sp³-hybridized carbons (Fsp3) is 1.00. The molecule has 0 amide bonds. The number of hydrogen-bond donors (Lipinski definition) is 1. The fourth-order valence-electron chi connectivity index (χ4n) is 0.727. The zero-order valence-electron chi connectivity index (χ0n) is 4.42. The van der Waals surface area contributed by atoms with Gasteiger partial charge in [-0.1, -0.05) is 0 Å². The van der Waals surface area contributed by atoms with E-state index in [0.29, 0.717) is 5.25 Å². The van der Waals surface area contributed by atoms with Crippen molar-refractivity contribution in [3.8, 4) is 0 Å². The van der Waals surface area contributed by atoms with Crippen LogP contribution in [0, 0.1) is 0 Å². The molecule has 1 N–H and O–H groups in total. The van der Waals surface area contributed by atoms with Gasteiger partial charge in [0.15, 0.2) is 0 Å². The summed E-state index contributed by atoms with van der Waals surface area (Å²) in [5, 5.41) is 9.44. The van der Waals surface area contributed by atoms with Crippen molar-refractivity contribution in [1.82, 2.24) is 0 Å². The molecule has 7 heavy (non-hydrogen) atoms. The van der Waals surface area contributed by atoms with Crippen LogP contribution < -0.4 is 0 Å². The van der Waals surface area contributed by atoms with Crippen LogP contribution in [0.25, 0.3) is 0 Å². The van der Waals surface area contributed by atoms with Gasteiger partial charge in [-0.25, -0.2) is 0 Å². The first-order chi connectivity index (χ1) is 3.34. The molecule has 2 atom stereocenters. The average molecular weight is 118 g/mol. The molecule has 0 spiro atoms. The second-order valence-electron chi connectivity index (χ2n) is 1.92. The van der Waals surface area contributed by atoms with Crippen molar-refractivity contribution in [2.75, 3.05) is 6.26 Å². The van der Waals surface area contributed by atoms with Crippen LogP contribution in [0.4, 0.5) is 0 Å². The summed E-state index contributed by atoms with van der Waals surface area (Å²) in [6.45, 7) is 0. The monoisotopic (exact) mass is 118 g/mol. The van der Waals surface area contributed by atoms with Crippen LogP contribution in [0.1, 0.15) is 12.8 Å². The van der Waals surface area contributed by atoms with Gasteiger partial charge in [0.25, 0.3) is 0 Å². The highest BCUT2D eigenvalue weighted by Crippen LogP contribution is 2.29. The van der Waals surface area contributed by atoms with Gasteiger partial charge in [0.05, 0.1) is 6.10 Å². The smallest absolute Gasteiger partial charge is 0.0659 e. The predicted octanol–water partition coefficient (Wildman–Crippen LogP) is 0.873. The Kier molecular flexibility index (Phi) is 1.60. The van der Waals surface area contributed by atoms with Gasteiger partial charge in [0.2, 0.25) is 0 Å². The van der Waals surface area contributed by atoms with E-state index in [0.717, 1.165) is 6.42 Å². The maximum absolute atomic E-state index is 8.89. The van der Waals surface area contributed by atoms with Crippen LogP contribution >= 0.6 is 11.8 Å². The summed E-state index contributed by atoms with van der Waals surface area (Å²) in [7, 11) is 0. The molecule has 42 valence electrons. The highest BCUT2D eigenvalue weighted by Gasteiger charge is 2.27. The molecule has 1 nitrogen and oxygen atoms in total. The molecular weight excluding hydrogens is 108 g/mol. The molecule has 2 heteroatoms. The Labute approximate surface area is 48.1 Å². The number of thioether (sulfide) groups is 1. The SMILES string of the molecule is CS[C@@H]1CC[C@H]1O. The minimum Gasteiger partial charge on any atom is -0.392 e. The number of aliphatic hydroxyl groups is 1. The van der Waals surface area contributed by atoms with E-state index in [9.17, 15) is 0 Å². The van der Waals surface area contributed by atoms with E-state index in [2.05, 4.69) is 0 Å². The lowest BCUT2D eigenvalue weighted by molar-refractivity contribution is 0.103. The molecule has 0 heterocycles. The molecule has 0 radical (unpaired) electrons. The third-order valence-electron chi connectivity index (χ3n) is 1.48. The molecule has 1 saturated carbocycles. The first-order valence-corrected chi connectivity index (χ1v) is 3.84. The molecule has 0 bridgehead atoms. The third-order valence-corrected chi connectivity index (χ3v) is 2.63. The molecular formula is C5H10OS. The van der Waals surface area contributed by atoms with Crippen molar-refractivity contribution in [3.63, 3.8) is 0 Å². The van der Waals surface area contributed by atoms with Crippen molar-refractivity contribution >= 4 is 11.8 Å². The van der Waals surface area contributed by atoms with Crippen molar-refractivity contribution in [2.45, 2.75) is 24.2 Å². The van der Waals surface area contributed by atoms with E-state index in [1.807, 2.05) is 6.26 Å². The van der Waals surface area contributed by atoms with Crippen LogP contribution in [-0.4, -0.2) is 22.7 Å². The summed E-state index contributed by atoms with van der Waals surface area (Å²) in [5.41, 5.74) is 0. The van der Waals surface area contributed by atoms with Crippen LogP contribution in [0.15, 0.2) is 0 Å². The quantitative estimate of drug-likeness (QED) is 0.551. The molecule has 1 aliphatic carbocycles. The average Bonchev–Trinajstić information content (AvgIpc) is 1.65. The summed E-state index contributed by atoms with van der Waals surface area (Å²) < 4.78 is 0. The topological polar surface area (TPSA) is 20.2 Å². The Morgan fingerprint density at radius 2 is 2.29 bits per heavy atom. The predicted molar refractivity (Wildman–Crippen MR) is 32.5 cm³/mol. The van der Waals surface area contributed by atoms with E-state index < -0.39 is 0 Å². The first kappa shape index (κ1) is 5.45. The van der Waals surface area contributed by atoms with Crippen molar-refractivity contribution in [3.05, 3.63) is 0 Å². The van der Waals surface area contributed by atoms with E-state index >= 15 is 0 Å². The van der Waals surface area contributed by atoms with Crippen LogP contribution in [-0.2, 0) is 0 Å². The van der Waals surface area contributed by atoms with Crippen molar-refractivity contribution < 1.29 is 5.11 Å². The lowest BCUT2D eigenvalue weighted by Gasteiger charge is -2.30. The van der Waals surface area contributed by atoms with E-state index in [1.54, 1.807) is 11.8 Å². The summed E-state index contributed by atoms with van der Waals surface area (Å²) in [6.07, 6.45) is 4.29. The van der Waals surface area contributed by atoms with E-state index in [1.165, 1.54) is 6.42 Å². The van der Waals surface area contributed by atoms with Gasteiger partial charge in [-0.15, -0.1) is 0 Å². The Morgan fingerprint density at radius 1 is 1.57 bits per heavy atom. The van der Waals surface area contributed by atoms with Gasteiger partial charge in [0, 0.05) is 5.25 Å². The summed E-state index contributed by atoms with van der Waals surface area (Å²) in [5.74, 6) is 0. The van der Waals surface area contributed by atoms with Gasteiger partial charge < -0.3 is 5.11 Å². The normalized spacial score (nSPS) is 40.3. The van der Waals surface area contributed by atoms with Gasteiger partial charge in [-0.05, 0) is 19.1 Å². The van der Waals surface area contributed by atoms with E-state index in [-0.39, 0.29) is 6.10 Å². The Hall–Kier alpha value is 0.310. The Balaban J connectivity index is 2.16. The first-order valence-electron chi connectivity index (χ1n) is 2.55. The second kappa shape index (κ2) is 2.05. The van der Waals surface area contributed by atoms with Gasteiger partial charge >= 0.3 is 0 Å². The Bertz CT molecular complexity index is 63.1. The van der Waals surface area contributed by atoms with Crippen LogP contribution in [0.2, 0.25) is 0 Å². The summed E-state index contributed by atoms with van der Waals surface area (Å²) in [6, 6.07) is 0. The lowest BCUT2D eigenvalue weighted by Crippen LogP contribution is -2.33. The molecule has 0 aromatic heterocycles. The highest BCUT2D eigenvalue weighted by atomic mass is 32.2. The second-order valence-corrected chi connectivity index (χ2v) is 3.00. The minimum atomic E-state index is 0.00926. The maximum atomic E-state index is 8.89. The third kappa shape index (κ3) is 0.916. The lowest BCUT2D eigenvalue weighted by atomic mass is 9.96. The number of aliphatic hydroxyl groups excluding tert-OH is 1. The highest BCUT2D eigenvalue weighted by molar-refractivity contribution is 7.99. The largest absolute Gasteiger partial charge is 0.392 e. The van der Waals surface area contributed by atoms with Crippen LogP contribution in [0.3, 0.4) is 0 Å². The molecule has 0 aliphatic heterocycles. The molecule has 0 saturated heterocycles. The molecule has 0 aromatic carbocycles. The van der Waals surface area contributed by atoms with Crippen LogP contribution in [0.5, 0.6) is 0 Å². The molecule has 0 aromatic rings. The maximum Gasteiger partial charge on any atom is 0.0659 e. The minimum absolute atomic E-state index is 0.00926. The zero-order chi connectivity index (χ0) is 5.28. The van der Waals surface area contributed by atoms with E-state index in [4.69, 9.17) is 5.11 Å². The molecule has 0 unspecified atom stereocenters. The number of hydrogen-bond acceptors (Lipinski definition) is 2. The number of rotatable bonds is 1. The zero-order valence-corrected chi connectivity index (χ0v) is 5.24. The molecule has 1 aliphatic rings. The van der Waals surface area contributed by atoms with Gasteiger partial charge in [-0.3, -0.25) is 0 Å². The van der Waals surface area contributed by atoms with Crippen molar-refractivity contribution in [1.29, 1.82) is 0 Å². The van der Waals surface area contributed by atoms with Crippen molar-refractivity contribution in [2.24, 2.45) is 0 Å². The van der Waals surface area contributed by atoms with Gasteiger partial charge in [0.1, 0.15) is 0 Å². The van der Waals surface area contributed by atoms with Gasteiger partial charge in [-0.2, -0.15) is 11.8 Å². The standard InChI is InChI=1S/C5H10OS/c1-7-5-3-2-4(5)6/h4-6H,2-3H2,1H3/t4-,5-/m1/s1.